The highest BCUT2D eigenvalue weighted by atomic mass is 32.1. The van der Waals surface area contributed by atoms with Gasteiger partial charge in [0, 0.05) is 23.9 Å². The van der Waals surface area contributed by atoms with Crippen molar-refractivity contribution in [2.24, 2.45) is 0 Å². The van der Waals surface area contributed by atoms with Crippen LogP contribution in [0.25, 0.3) is 0 Å². The molecule has 1 heterocycles. The molecule has 0 spiro atoms. The molecule has 3 rings (SSSR count). The van der Waals surface area contributed by atoms with E-state index in [2.05, 4.69) is 21.7 Å². The lowest BCUT2D eigenvalue weighted by molar-refractivity contribution is -0.121. The zero-order valence-electron chi connectivity index (χ0n) is 17.3. The highest BCUT2D eigenvalue weighted by Crippen LogP contribution is 2.21. The molecule has 1 fully saturated rings. The maximum Gasteiger partial charge on any atom is 0.271 e. The van der Waals surface area contributed by atoms with Crippen LogP contribution in [-0.2, 0) is 11.4 Å². The number of aryl methyl sites for hydroxylation is 2. The van der Waals surface area contributed by atoms with Crippen LogP contribution in [0, 0.1) is 13.8 Å². The molecule has 1 aliphatic carbocycles. The maximum absolute atomic E-state index is 12.7. The van der Waals surface area contributed by atoms with Gasteiger partial charge in [0.05, 0.1) is 0 Å². The molecule has 1 aromatic carbocycles. The molecule has 2 atom stereocenters. The summed E-state index contributed by atoms with van der Waals surface area (Å²) in [5.41, 5.74) is 2.70. The van der Waals surface area contributed by atoms with E-state index in [-0.39, 0.29) is 23.9 Å². The first-order valence-corrected chi connectivity index (χ1v) is 11.1. The van der Waals surface area contributed by atoms with Crippen molar-refractivity contribution in [3.8, 4) is 5.75 Å². The zero-order chi connectivity index (χ0) is 20.8. The molecule has 1 aliphatic rings. The van der Waals surface area contributed by atoms with Crippen LogP contribution < -0.4 is 15.4 Å². The highest BCUT2D eigenvalue weighted by Gasteiger charge is 2.28. The number of carbonyl (C=O) groups is 2. The minimum Gasteiger partial charge on any atom is -0.486 e. The van der Waals surface area contributed by atoms with Crippen LogP contribution in [0.3, 0.4) is 0 Å². The summed E-state index contributed by atoms with van der Waals surface area (Å²) in [6.45, 7) is 6.24. The van der Waals surface area contributed by atoms with Gasteiger partial charge in [-0.2, -0.15) is 0 Å². The lowest BCUT2D eigenvalue weighted by Crippen LogP contribution is -2.53. The summed E-state index contributed by atoms with van der Waals surface area (Å²) in [6.07, 6.45) is 4.33. The largest absolute Gasteiger partial charge is 0.486 e. The van der Waals surface area contributed by atoms with E-state index in [1.54, 1.807) is 5.38 Å². The van der Waals surface area contributed by atoms with Crippen LogP contribution >= 0.6 is 11.3 Å². The monoisotopic (exact) mass is 415 g/mol. The van der Waals surface area contributed by atoms with Crippen molar-refractivity contribution in [3.05, 3.63) is 45.4 Å². The van der Waals surface area contributed by atoms with Crippen LogP contribution in [-0.4, -0.2) is 28.9 Å². The molecule has 2 amide bonds. The summed E-state index contributed by atoms with van der Waals surface area (Å²) < 4.78 is 5.84. The van der Waals surface area contributed by atoms with Gasteiger partial charge < -0.3 is 15.4 Å². The Hall–Kier alpha value is -2.41. The quantitative estimate of drug-likeness (QED) is 0.719. The Kier molecular flexibility index (Phi) is 7.25. The lowest BCUT2D eigenvalue weighted by Gasteiger charge is -2.32. The third-order valence-electron chi connectivity index (χ3n) is 5.09. The summed E-state index contributed by atoms with van der Waals surface area (Å²) >= 11 is 1.42. The minimum absolute atomic E-state index is 0.00820. The Labute approximate surface area is 176 Å². The molecular weight excluding hydrogens is 386 g/mol. The van der Waals surface area contributed by atoms with E-state index in [0.717, 1.165) is 47.6 Å². The second-order valence-corrected chi connectivity index (χ2v) is 8.57. The predicted octanol–water partition coefficient (Wildman–Crippen LogP) is 3.91. The molecule has 0 bridgehead atoms. The number of aromatic nitrogens is 1. The highest BCUT2D eigenvalue weighted by molar-refractivity contribution is 7.09. The second kappa shape index (κ2) is 9.87. The van der Waals surface area contributed by atoms with Crippen molar-refractivity contribution in [1.29, 1.82) is 0 Å². The Bertz CT molecular complexity index is 844. The van der Waals surface area contributed by atoms with Crippen molar-refractivity contribution in [2.75, 3.05) is 0 Å². The SMILES string of the molecule is CCC(=O)NC1CCCCC1NC(=O)c1csc(COc2cc(C)cc(C)c2)n1. The van der Waals surface area contributed by atoms with Gasteiger partial charge in [-0.25, -0.2) is 4.98 Å². The minimum atomic E-state index is -0.193. The van der Waals surface area contributed by atoms with E-state index in [9.17, 15) is 9.59 Å². The summed E-state index contributed by atoms with van der Waals surface area (Å²) in [7, 11) is 0. The van der Waals surface area contributed by atoms with Gasteiger partial charge in [0.2, 0.25) is 5.91 Å². The van der Waals surface area contributed by atoms with Crippen LogP contribution in [0.1, 0.15) is 65.7 Å². The van der Waals surface area contributed by atoms with Gasteiger partial charge >= 0.3 is 0 Å². The normalized spacial score (nSPS) is 18.9. The van der Waals surface area contributed by atoms with Gasteiger partial charge in [-0.1, -0.05) is 25.8 Å². The summed E-state index contributed by atoms with van der Waals surface area (Å²) in [4.78, 5) is 28.9. The number of carbonyl (C=O) groups excluding carboxylic acids is 2. The molecular formula is C22H29N3O3S. The number of nitrogens with one attached hydrogen (secondary N) is 2. The van der Waals surface area contributed by atoms with E-state index < -0.39 is 0 Å². The van der Waals surface area contributed by atoms with Crippen molar-refractivity contribution < 1.29 is 14.3 Å². The van der Waals surface area contributed by atoms with E-state index in [0.29, 0.717) is 18.7 Å². The topological polar surface area (TPSA) is 80.3 Å². The van der Waals surface area contributed by atoms with E-state index in [1.807, 2.05) is 32.9 Å². The van der Waals surface area contributed by atoms with Crippen molar-refractivity contribution in [2.45, 2.75) is 71.6 Å². The number of ether oxygens (including phenoxy) is 1. The molecule has 2 N–H and O–H groups in total. The first-order chi connectivity index (χ1) is 13.9. The number of nitrogens with zero attached hydrogens (tertiary/aromatic N) is 1. The number of hydrogen-bond donors (Lipinski definition) is 2. The molecule has 1 saturated carbocycles. The molecule has 0 aliphatic heterocycles. The lowest BCUT2D eigenvalue weighted by atomic mass is 9.90. The summed E-state index contributed by atoms with van der Waals surface area (Å²) in [5.74, 6) is 0.637. The first kappa shape index (κ1) is 21.3. The van der Waals surface area contributed by atoms with Crippen molar-refractivity contribution in [3.63, 3.8) is 0 Å². The molecule has 6 nitrogen and oxygen atoms in total. The molecule has 0 saturated heterocycles. The van der Waals surface area contributed by atoms with Crippen molar-refractivity contribution in [1.82, 2.24) is 15.6 Å². The van der Waals surface area contributed by atoms with E-state index >= 15 is 0 Å². The van der Waals surface area contributed by atoms with Gasteiger partial charge in [0.15, 0.2) is 0 Å². The number of benzene rings is 1. The average Bonchev–Trinajstić information content (AvgIpc) is 3.16. The number of rotatable bonds is 7. The van der Waals surface area contributed by atoms with Crippen LogP contribution in [0.5, 0.6) is 5.75 Å². The maximum atomic E-state index is 12.7. The number of amides is 2. The Balaban J connectivity index is 1.57. The fraction of sp³-hybridized carbons (Fsp3) is 0.500. The smallest absolute Gasteiger partial charge is 0.271 e. The van der Waals surface area contributed by atoms with Crippen LogP contribution in [0.4, 0.5) is 0 Å². The van der Waals surface area contributed by atoms with Crippen molar-refractivity contribution >= 4 is 23.2 Å². The third kappa shape index (κ3) is 6.03. The number of hydrogen-bond acceptors (Lipinski definition) is 5. The number of thiazole rings is 1. The standard InChI is InChI=1S/C22H29N3O3S/c1-4-20(26)23-17-7-5-6-8-18(17)25-22(27)19-13-29-21(24-19)12-28-16-10-14(2)9-15(3)11-16/h9-11,13,17-18H,4-8,12H2,1-3H3,(H,23,26)(H,25,27). The molecule has 2 unspecified atom stereocenters. The fourth-order valence-corrected chi connectivity index (χ4v) is 4.36. The molecule has 7 heteroatoms. The molecule has 0 radical (unpaired) electrons. The van der Waals surface area contributed by atoms with Crippen LogP contribution in [0.15, 0.2) is 23.6 Å². The Morgan fingerprint density at radius 1 is 1.10 bits per heavy atom. The van der Waals surface area contributed by atoms with Gasteiger partial charge in [-0.3, -0.25) is 9.59 Å². The molecule has 29 heavy (non-hydrogen) atoms. The van der Waals surface area contributed by atoms with Gasteiger partial charge in [-0.05, 0) is 49.9 Å². The second-order valence-electron chi connectivity index (χ2n) is 7.63. The van der Waals surface area contributed by atoms with Gasteiger partial charge in [-0.15, -0.1) is 11.3 Å². The Morgan fingerprint density at radius 2 is 1.76 bits per heavy atom. The Morgan fingerprint density at radius 3 is 2.41 bits per heavy atom. The van der Waals surface area contributed by atoms with Gasteiger partial charge in [0.1, 0.15) is 23.1 Å². The predicted molar refractivity (Wildman–Crippen MR) is 114 cm³/mol. The average molecular weight is 416 g/mol. The van der Waals surface area contributed by atoms with Gasteiger partial charge in [0.25, 0.3) is 5.91 Å². The molecule has 1 aromatic heterocycles. The third-order valence-corrected chi connectivity index (χ3v) is 5.91. The fourth-order valence-electron chi connectivity index (χ4n) is 3.67. The van der Waals surface area contributed by atoms with E-state index in [1.165, 1.54) is 11.3 Å². The molecule has 2 aromatic rings. The first-order valence-electron chi connectivity index (χ1n) is 10.2. The summed E-state index contributed by atoms with van der Waals surface area (Å²) in [6, 6.07) is 6.01. The van der Waals surface area contributed by atoms with Crippen LogP contribution in [0.2, 0.25) is 0 Å². The zero-order valence-corrected chi connectivity index (χ0v) is 18.1. The van der Waals surface area contributed by atoms with E-state index in [4.69, 9.17) is 4.74 Å². The molecule has 156 valence electrons. The summed E-state index contributed by atoms with van der Waals surface area (Å²) in [5, 5.41) is 8.62.